The number of aromatic nitrogens is 2. The Morgan fingerprint density at radius 1 is 1.41 bits per heavy atom. The second kappa shape index (κ2) is 4.92. The van der Waals surface area contributed by atoms with Crippen molar-refractivity contribution in [2.75, 3.05) is 17.7 Å². The summed E-state index contributed by atoms with van der Waals surface area (Å²) >= 11 is 1.53. The average molecular weight is 248 g/mol. The van der Waals surface area contributed by atoms with Crippen molar-refractivity contribution in [3.63, 3.8) is 0 Å². The molecule has 17 heavy (non-hydrogen) atoms. The maximum Gasteiger partial charge on any atom is 0.274 e. The Morgan fingerprint density at radius 2 is 2.24 bits per heavy atom. The molecule has 2 N–H and O–H groups in total. The predicted molar refractivity (Wildman–Crippen MR) is 68.6 cm³/mol. The monoisotopic (exact) mass is 248 g/mol. The highest BCUT2D eigenvalue weighted by Crippen LogP contribution is 2.13. The number of anilines is 2. The molecule has 0 unspecified atom stereocenters. The fraction of sp³-hybridized carbons (Fsp3) is 0.182. The zero-order valence-electron chi connectivity index (χ0n) is 9.52. The molecule has 0 aliphatic heterocycles. The maximum absolute atomic E-state index is 11.9. The van der Waals surface area contributed by atoms with Crippen LogP contribution in [0.25, 0.3) is 0 Å². The molecule has 2 heterocycles. The number of thiophene rings is 1. The molecule has 0 spiro atoms. The van der Waals surface area contributed by atoms with Gasteiger partial charge in [0.15, 0.2) is 0 Å². The summed E-state index contributed by atoms with van der Waals surface area (Å²) in [5.41, 5.74) is 1.88. The van der Waals surface area contributed by atoms with Crippen molar-refractivity contribution in [2.45, 2.75) is 6.92 Å². The first-order valence-electron chi connectivity index (χ1n) is 5.06. The van der Waals surface area contributed by atoms with Crippen LogP contribution in [-0.2, 0) is 0 Å². The minimum absolute atomic E-state index is 0.231. The van der Waals surface area contributed by atoms with Gasteiger partial charge in [-0.1, -0.05) is 0 Å². The number of nitrogens with one attached hydrogen (secondary N) is 2. The first kappa shape index (κ1) is 11.5. The molecule has 0 aromatic carbocycles. The Labute approximate surface area is 103 Å². The van der Waals surface area contributed by atoms with E-state index in [4.69, 9.17) is 0 Å². The summed E-state index contributed by atoms with van der Waals surface area (Å²) < 4.78 is 0. The van der Waals surface area contributed by atoms with Gasteiger partial charge in [0.2, 0.25) is 5.95 Å². The normalized spacial score (nSPS) is 10.0. The summed E-state index contributed by atoms with van der Waals surface area (Å²) in [6.07, 6.45) is 0. The van der Waals surface area contributed by atoms with Crippen molar-refractivity contribution in [3.05, 3.63) is 34.3 Å². The molecule has 0 fully saturated rings. The van der Waals surface area contributed by atoms with Crippen molar-refractivity contribution in [1.82, 2.24) is 9.97 Å². The molecule has 5 nitrogen and oxygen atoms in total. The van der Waals surface area contributed by atoms with E-state index >= 15 is 0 Å². The Hall–Kier alpha value is -1.95. The molecule has 2 aromatic rings. The lowest BCUT2D eigenvalue weighted by Gasteiger charge is -2.05. The summed E-state index contributed by atoms with van der Waals surface area (Å²) in [6.45, 7) is 1.82. The first-order chi connectivity index (χ1) is 8.19. The second-order valence-corrected chi connectivity index (χ2v) is 4.21. The van der Waals surface area contributed by atoms with E-state index in [1.54, 1.807) is 13.1 Å². The van der Waals surface area contributed by atoms with Gasteiger partial charge in [-0.05, 0) is 24.4 Å². The fourth-order valence-electron chi connectivity index (χ4n) is 1.33. The number of carbonyl (C=O) groups excluding carboxylic acids is 1. The molecule has 0 radical (unpaired) electrons. The van der Waals surface area contributed by atoms with Crippen LogP contribution in [0.3, 0.4) is 0 Å². The van der Waals surface area contributed by atoms with Gasteiger partial charge >= 0.3 is 0 Å². The molecule has 0 saturated carbocycles. The molecular weight excluding hydrogens is 236 g/mol. The van der Waals surface area contributed by atoms with Crippen LogP contribution in [0.4, 0.5) is 11.6 Å². The number of rotatable bonds is 3. The van der Waals surface area contributed by atoms with E-state index in [1.807, 2.05) is 23.8 Å². The summed E-state index contributed by atoms with van der Waals surface area (Å²) in [6, 6.07) is 3.50. The highest BCUT2D eigenvalue weighted by molar-refractivity contribution is 7.08. The molecule has 2 aromatic heterocycles. The fourth-order valence-corrected chi connectivity index (χ4v) is 1.92. The third-order valence-corrected chi connectivity index (χ3v) is 2.77. The highest BCUT2D eigenvalue weighted by atomic mass is 32.1. The van der Waals surface area contributed by atoms with Gasteiger partial charge in [0.05, 0.1) is 5.69 Å². The molecule has 88 valence electrons. The van der Waals surface area contributed by atoms with Crippen LogP contribution in [0.1, 0.15) is 16.2 Å². The van der Waals surface area contributed by atoms with E-state index in [9.17, 15) is 4.79 Å². The van der Waals surface area contributed by atoms with Crippen molar-refractivity contribution in [3.8, 4) is 0 Å². The van der Waals surface area contributed by atoms with Gasteiger partial charge in [-0.3, -0.25) is 4.79 Å². The summed E-state index contributed by atoms with van der Waals surface area (Å²) in [4.78, 5) is 20.1. The average Bonchev–Trinajstić information content (AvgIpc) is 2.81. The third kappa shape index (κ3) is 2.79. The third-order valence-electron chi connectivity index (χ3n) is 2.09. The summed E-state index contributed by atoms with van der Waals surface area (Å²) in [5, 5.41) is 9.36. The van der Waals surface area contributed by atoms with Crippen molar-refractivity contribution in [2.24, 2.45) is 0 Å². The molecule has 2 rings (SSSR count). The molecule has 0 saturated heterocycles. The Balaban J connectivity index is 2.21. The van der Waals surface area contributed by atoms with Gasteiger partial charge in [-0.25, -0.2) is 9.97 Å². The topological polar surface area (TPSA) is 66.9 Å². The van der Waals surface area contributed by atoms with Gasteiger partial charge in [0, 0.05) is 18.1 Å². The molecule has 0 bridgehead atoms. The minimum Gasteiger partial charge on any atom is -0.357 e. The minimum atomic E-state index is -0.231. The van der Waals surface area contributed by atoms with Gasteiger partial charge in [-0.15, -0.1) is 0 Å². The van der Waals surface area contributed by atoms with Crippen molar-refractivity contribution < 1.29 is 4.79 Å². The number of amides is 1. The zero-order chi connectivity index (χ0) is 12.3. The first-order valence-corrected chi connectivity index (χ1v) is 6.00. The lowest BCUT2D eigenvalue weighted by atomic mass is 10.3. The summed E-state index contributed by atoms with van der Waals surface area (Å²) in [7, 11) is 1.72. The van der Waals surface area contributed by atoms with E-state index in [0.717, 1.165) is 11.4 Å². The number of carbonyl (C=O) groups is 1. The van der Waals surface area contributed by atoms with Crippen LogP contribution in [0.15, 0.2) is 22.9 Å². The number of nitrogens with zero attached hydrogens (tertiary/aromatic N) is 2. The van der Waals surface area contributed by atoms with E-state index in [1.165, 1.54) is 11.3 Å². The quantitative estimate of drug-likeness (QED) is 0.873. The predicted octanol–water partition coefficient (Wildman–Crippen LogP) is 2.14. The number of aryl methyl sites for hydroxylation is 1. The van der Waals surface area contributed by atoms with E-state index in [2.05, 4.69) is 20.6 Å². The molecule has 6 heteroatoms. The smallest absolute Gasteiger partial charge is 0.274 e. The lowest BCUT2D eigenvalue weighted by molar-refractivity contribution is 0.102. The highest BCUT2D eigenvalue weighted by Gasteiger charge is 2.10. The van der Waals surface area contributed by atoms with Gasteiger partial charge in [0.1, 0.15) is 5.69 Å². The number of hydrogen-bond donors (Lipinski definition) is 2. The van der Waals surface area contributed by atoms with Gasteiger partial charge < -0.3 is 10.6 Å². The standard InChI is InChI=1S/C11H12N4OS/c1-7-5-9(15-11(12-2)13-7)10(16)14-8-3-4-17-6-8/h3-6H,1-2H3,(H,14,16)(H,12,13,15). The molecule has 0 atom stereocenters. The van der Waals surface area contributed by atoms with Crippen LogP contribution in [-0.4, -0.2) is 22.9 Å². The van der Waals surface area contributed by atoms with Gasteiger partial charge in [-0.2, -0.15) is 11.3 Å². The van der Waals surface area contributed by atoms with Crippen LogP contribution in [0, 0.1) is 6.92 Å². The molecule has 0 aliphatic carbocycles. The Kier molecular flexibility index (Phi) is 3.34. The second-order valence-electron chi connectivity index (χ2n) is 3.43. The van der Waals surface area contributed by atoms with Crippen molar-refractivity contribution >= 4 is 28.9 Å². The lowest BCUT2D eigenvalue weighted by Crippen LogP contribution is -2.15. The maximum atomic E-state index is 11.9. The van der Waals surface area contributed by atoms with Gasteiger partial charge in [0.25, 0.3) is 5.91 Å². The SMILES string of the molecule is CNc1nc(C)cc(C(=O)Nc2ccsc2)n1. The Bertz CT molecular complexity index is 524. The Morgan fingerprint density at radius 3 is 2.88 bits per heavy atom. The zero-order valence-corrected chi connectivity index (χ0v) is 10.3. The molecular formula is C11H12N4OS. The van der Waals surface area contributed by atoms with Crippen LogP contribution >= 0.6 is 11.3 Å². The summed E-state index contributed by atoms with van der Waals surface area (Å²) in [5.74, 6) is 0.214. The van der Waals surface area contributed by atoms with Crippen LogP contribution < -0.4 is 10.6 Å². The number of hydrogen-bond acceptors (Lipinski definition) is 5. The van der Waals surface area contributed by atoms with Crippen LogP contribution in [0.2, 0.25) is 0 Å². The van der Waals surface area contributed by atoms with E-state index in [0.29, 0.717) is 11.6 Å². The van der Waals surface area contributed by atoms with E-state index < -0.39 is 0 Å². The van der Waals surface area contributed by atoms with E-state index in [-0.39, 0.29) is 5.91 Å². The van der Waals surface area contributed by atoms with Crippen molar-refractivity contribution in [1.29, 1.82) is 0 Å². The molecule has 0 aliphatic rings. The van der Waals surface area contributed by atoms with Crippen LogP contribution in [0.5, 0.6) is 0 Å². The molecule has 1 amide bonds. The largest absolute Gasteiger partial charge is 0.357 e.